The van der Waals surface area contributed by atoms with E-state index in [0.29, 0.717) is 6.54 Å². The monoisotopic (exact) mass is 339 g/mol. The van der Waals surface area contributed by atoms with Crippen molar-refractivity contribution >= 4 is 21.8 Å². The minimum Gasteiger partial charge on any atom is -0.391 e. The molecule has 1 aromatic rings. The molecule has 0 bridgehead atoms. The molecule has 0 aromatic heterocycles. The number of halogens is 1. The van der Waals surface area contributed by atoms with Crippen molar-refractivity contribution in [2.75, 3.05) is 13.1 Å². The summed E-state index contributed by atoms with van der Waals surface area (Å²) < 4.78 is 1.05. The fraction of sp³-hybridized carbons (Fsp3) is 0.562. The Morgan fingerprint density at radius 3 is 3.00 bits per heavy atom. The number of aliphatic hydroxyl groups excluding tert-OH is 1. The van der Waals surface area contributed by atoms with Gasteiger partial charge in [0, 0.05) is 23.5 Å². The zero-order valence-electron chi connectivity index (χ0n) is 11.9. The first-order valence-corrected chi connectivity index (χ1v) is 8.10. The van der Waals surface area contributed by atoms with Crippen molar-refractivity contribution in [3.63, 3.8) is 0 Å². The molecule has 0 saturated carbocycles. The highest BCUT2D eigenvalue weighted by molar-refractivity contribution is 9.10. The summed E-state index contributed by atoms with van der Waals surface area (Å²) in [6.45, 7) is 3.33. The van der Waals surface area contributed by atoms with Crippen molar-refractivity contribution in [2.24, 2.45) is 5.92 Å². The maximum Gasteiger partial charge on any atom is 0.226 e. The zero-order chi connectivity index (χ0) is 14.5. The Morgan fingerprint density at radius 2 is 2.35 bits per heavy atom. The van der Waals surface area contributed by atoms with Gasteiger partial charge in [-0.05, 0) is 43.4 Å². The van der Waals surface area contributed by atoms with Gasteiger partial charge >= 0.3 is 0 Å². The molecule has 1 aliphatic heterocycles. The Hall–Kier alpha value is -0.870. The summed E-state index contributed by atoms with van der Waals surface area (Å²) in [4.78, 5) is 14.4. The first-order valence-electron chi connectivity index (χ1n) is 7.31. The summed E-state index contributed by atoms with van der Waals surface area (Å²) in [5.41, 5.74) is 1.18. The molecule has 1 fully saturated rings. The van der Waals surface area contributed by atoms with E-state index in [1.807, 2.05) is 17.0 Å². The van der Waals surface area contributed by atoms with Crippen LogP contribution < -0.4 is 0 Å². The summed E-state index contributed by atoms with van der Waals surface area (Å²) >= 11 is 3.47. The van der Waals surface area contributed by atoms with Gasteiger partial charge in [-0.15, -0.1) is 0 Å². The number of carbonyl (C=O) groups is 1. The van der Waals surface area contributed by atoms with E-state index < -0.39 is 0 Å². The van der Waals surface area contributed by atoms with Crippen molar-refractivity contribution in [2.45, 2.75) is 38.7 Å². The smallest absolute Gasteiger partial charge is 0.226 e. The van der Waals surface area contributed by atoms with Gasteiger partial charge in [0.05, 0.1) is 6.10 Å². The Morgan fingerprint density at radius 1 is 1.55 bits per heavy atom. The number of aliphatic hydroxyl groups is 1. The number of amides is 1. The van der Waals surface area contributed by atoms with Gasteiger partial charge in [0.15, 0.2) is 0 Å². The summed E-state index contributed by atoms with van der Waals surface area (Å²) in [6.07, 6.45) is 2.96. The van der Waals surface area contributed by atoms with Crippen LogP contribution in [-0.2, 0) is 11.2 Å². The number of rotatable bonds is 4. The van der Waals surface area contributed by atoms with Crippen LogP contribution >= 0.6 is 15.9 Å². The summed E-state index contributed by atoms with van der Waals surface area (Å²) in [6, 6.07) is 8.13. The first-order chi connectivity index (χ1) is 9.60. The molecular weight excluding hydrogens is 318 g/mol. The van der Waals surface area contributed by atoms with E-state index in [1.54, 1.807) is 0 Å². The van der Waals surface area contributed by atoms with Crippen LogP contribution in [-0.4, -0.2) is 35.1 Å². The number of hydrogen-bond acceptors (Lipinski definition) is 2. The van der Waals surface area contributed by atoms with E-state index >= 15 is 0 Å². The average molecular weight is 340 g/mol. The van der Waals surface area contributed by atoms with Crippen LogP contribution in [0.5, 0.6) is 0 Å². The van der Waals surface area contributed by atoms with Crippen LogP contribution in [0.15, 0.2) is 28.7 Å². The fourth-order valence-electron chi connectivity index (χ4n) is 2.77. The van der Waals surface area contributed by atoms with E-state index in [0.717, 1.165) is 36.7 Å². The highest BCUT2D eigenvalue weighted by Crippen LogP contribution is 2.20. The van der Waals surface area contributed by atoms with Crippen LogP contribution in [0.2, 0.25) is 0 Å². The molecule has 0 radical (unpaired) electrons. The molecule has 1 N–H and O–H groups in total. The molecule has 20 heavy (non-hydrogen) atoms. The second-order valence-electron chi connectivity index (χ2n) is 5.52. The predicted octanol–water partition coefficient (Wildman–Crippen LogP) is 3.00. The lowest BCUT2D eigenvalue weighted by atomic mass is 9.94. The van der Waals surface area contributed by atoms with Gasteiger partial charge < -0.3 is 10.0 Å². The van der Waals surface area contributed by atoms with Crippen molar-refractivity contribution < 1.29 is 9.90 Å². The van der Waals surface area contributed by atoms with E-state index in [4.69, 9.17) is 0 Å². The molecule has 1 saturated heterocycles. The topological polar surface area (TPSA) is 40.5 Å². The molecular formula is C16H22BrNO2. The van der Waals surface area contributed by atoms with Crippen molar-refractivity contribution in [1.82, 2.24) is 4.90 Å². The summed E-state index contributed by atoms with van der Waals surface area (Å²) in [7, 11) is 0. The lowest BCUT2D eigenvalue weighted by Crippen LogP contribution is -2.45. The summed E-state index contributed by atoms with van der Waals surface area (Å²) in [5.74, 6) is 0.195. The molecule has 1 heterocycles. The van der Waals surface area contributed by atoms with Crippen LogP contribution in [0.4, 0.5) is 0 Å². The molecule has 2 rings (SSSR count). The van der Waals surface area contributed by atoms with Crippen molar-refractivity contribution in [1.29, 1.82) is 0 Å². The van der Waals surface area contributed by atoms with Crippen LogP contribution in [0.3, 0.4) is 0 Å². The Balaban J connectivity index is 2.02. The predicted molar refractivity (Wildman–Crippen MR) is 83.4 cm³/mol. The quantitative estimate of drug-likeness (QED) is 0.915. The van der Waals surface area contributed by atoms with E-state index in [9.17, 15) is 9.90 Å². The van der Waals surface area contributed by atoms with Gasteiger partial charge in [0.1, 0.15) is 0 Å². The minimum absolute atomic E-state index is 0.00889. The highest BCUT2D eigenvalue weighted by Gasteiger charge is 2.27. The van der Waals surface area contributed by atoms with Gasteiger partial charge in [0.25, 0.3) is 0 Å². The number of piperidine rings is 1. The van der Waals surface area contributed by atoms with Gasteiger partial charge in [-0.2, -0.15) is 0 Å². The molecule has 2 atom stereocenters. The molecule has 4 heteroatoms. The van der Waals surface area contributed by atoms with Crippen molar-refractivity contribution in [3.05, 3.63) is 34.3 Å². The fourth-order valence-corrected chi connectivity index (χ4v) is 3.21. The largest absolute Gasteiger partial charge is 0.391 e. The van der Waals surface area contributed by atoms with Gasteiger partial charge in [-0.25, -0.2) is 0 Å². The third-order valence-electron chi connectivity index (χ3n) is 3.92. The standard InChI is InChI=1S/C16H22BrNO2/c1-2-13(9-12-5-3-6-14(17)10-12)16(20)18-8-4-7-15(19)11-18/h3,5-6,10,13,15,19H,2,4,7-9,11H2,1H3. The Labute approximate surface area is 129 Å². The maximum atomic E-state index is 12.6. The molecule has 1 amide bonds. The molecule has 1 aromatic carbocycles. The number of β-amino-alcohol motifs (C(OH)–C–C–N with tert-alkyl or cyclic N) is 1. The Kier molecular flexibility index (Phi) is 5.61. The molecule has 110 valence electrons. The lowest BCUT2D eigenvalue weighted by Gasteiger charge is -2.32. The summed E-state index contributed by atoms with van der Waals surface area (Å²) in [5, 5.41) is 9.71. The van der Waals surface area contributed by atoms with Gasteiger partial charge in [-0.1, -0.05) is 35.0 Å². The number of hydrogen-bond donors (Lipinski definition) is 1. The minimum atomic E-state index is -0.351. The van der Waals surface area contributed by atoms with Crippen LogP contribution in [0.1, 0.15) is 31.7 Å². The normalized spacial score (nSPS) is 20.8. The number of likely N-dealkylation sites (tertiary alicyclic amines) is 1. The van der Waals surface area contributed by atoms with Gasteiger partial charge in [0.2, 0.25) is 5.91 Å². The number of carbonyl (C=O) groups excluding carboxylic acids is 1. The maximum absolute atomic E-state index is 12.6. The molecule has 3 nitrogen and oxygen atoms in total. The second kappa shape index (κ2) is 7.23. The first kappa shape index (κ1) is 15.5. The zero-order valence-corrected chi connectivity index (χ0v) is 13.5. The highest BCUT2D eigenvalue weighted by atomic mass is 79.9. The average Bonchev–Trinajstić information content (AvgIpc) is 2.44. The molecule has 0 spiro atoms. The molecule has 2 unspecified atom stereocenters. The van der Waals surface area contributed by atoms with E-state index in [1.165, 1.54) is 5.56 Å². The van der Waals surface area contributed by atoms with Gasteiger partial charge in [-0.3, -0.25) is 4.79 Å². The van der Waals surface area contributed by atoms with Crippen LogP contribution in [0.25, 0.3) is 0 Å². The van der Waals surface area contributed by atoms with E-state index in [-0.39, 0.29) is 17.9 Å². The second-order valence-corrected chi connectivity index (χ2v) is 6.44. The Bertz CT molecular complexity index is 464. The third kappa shape index (κ3) is 4.06. The number of benzene rings is 1. The number of nitrogens with zero attached hydrogens (tertiary/aromatic N) is 1. The SMILES string of the molecule is CCC(Cc1cccc(Br)c1)C(=O)N1CCCC(O)C1. The molecule has 1 aliphatic rings. The van der Waals surface area contributed by atoms with Crippen LogP contribution in [0, 0.1) is 5.92 Å². The van der Waals surface area contributed by atoms with E-state index in [2.05, 4.69) is 35.0 Å². The lowest BCUT2D eigenvalue weighted by molar-refractivity contribution is -0.138. The van der Waals surface area contributed by atoms with Crippen molar-refractivity contribution in [3.8, 4) is 0 Å². The molecule has 0 aliphatic carbocycles. The third-order valence-corrected chi connectivity index (χ3v) is 4.41.